The fourth-order valence-electron chi connectivity index (χ4n) is 1.80. The number of benzene rings is 1. The summed E-state index contributed by atoms with van der Waals surface area (Å²) in [5.74, 6) is -4.03. The van der Waals surface area contributed by atoms with Crippen LogP contribution in [0.3, 0.4) is 0 Å². The van der Waals surface area contributed by atoms with Gasteiger partial charge in [0.15, 0.2) is 23.2 Å². The molecule has 2 heterocycles. The van der Waals surface area contributed by atoms with Crippen LogP contribution in [0.4, 0.5) is 13.2 Å². The smallest absolute Gasteiger partial charge is 0.194 e. The van der Waals surface area contributed by atoms with Gasteiger partial charge >= 0.3 is 0 Å². The largest absolute Gasteiger partial charge is 0.356 e. The molecule has 0 radical (unpaired) electrons. The zero-order chi connectivity index (χ0) is 15.0. The Morgan fingerprint density at radius 2 is 1.62 bits per heavy atom. The molecule has 0 saturated carbocycles. The summed E-state index contributed by atoms with van der Waals surface area (Å²) in [6.07, 6.45) is 2.97. The van der Waals surface area contributed by atoms with Gasteiger partial charge in [-0.15, -0.1) is 0 Å². The van der Waals surface area contributed by atoms with Gasteiger partial charge in [-0.25, -0.2) is 13.2 Å². The van der Waals surface area contributed by atoms with E-state index in [1.807, 2.05) is 0 Å². The van der Waals surface area contributed by atoms with Crippen LogP contribution < -0.4 is 0 Å². The normalized spacial score (nSPS) is 10.9. The molecule has 21 heavy (non-hydrogen) atoms. The standard InChI is InChI=1S/C14H6ClF3N2O/c15-9-1-8(5-19-6-9)12-4-13(21-20-12)7-2-10(16)14(18)11(17)3-7/h1-6H. The minimum Gasteiger partial charge on any atom is -0.356 e. The average Bonchev–Trinajstić information content (AvgIpc) is 2.94. The van der Waals surface area contributed by atoms with E-state index < -0.39 is 17.5 Å². The Labute approximate surface area is 122 Å². The molecule has 0 N–H and O–H groups in total. The van der Waals surface area contributed by atoms with E-state index >= 15 is 0 Å². The van der Waals surface area contributed by atoms with Crippen molar-refractivity contribution in [1.82, 2.24) is 10.1 Å². The Morgan fingerprint density at radius 1 is 0.905 bits per heavy atom. The Kier molecular flexibility index (Phi) is 3.39. The summed E-state index contributed by atoms with van der Waals surface area (Å²) in [6.45, 7) is 0. The van der Waals surface area contributed by atoms with Gasteiger partial charge in [0, 0.05) is 29.6 Å². The maximum Gasteiger partial charge on any atom is 0.194 e. The Hall–Kier alpha value is -2.34. The van der Waals surface area contributed by atoms with Crippen LogP contribution in [0, 0.1) is 17.5 Å². The third-order valence-corrected chi connectivity index (χ3v) is 2.99. The quantitative estimate of drug-likeness (QED) is 0.655. The first kappa shape index (κ1) is 13.6. The zero-order valence-corrected chi connectivity index (χ0v) is 11.0. The molecule has 0 bridgehead atoms. The highest BCUT2D eigenvalue weighted by Crippen LogP contribution is 2.28. The molecule has 0 aliphatic heterocycles. The molecule has 0 saturated heterocycles. The first-order chi connectivity index (χ1) is 10.0. The van der Waals surface area contributed by atoms with Gasteiger partial charge in [-0.3, -0.25) is 4.98 Å². The summed E-state index contributed by atoms with van der Waals surface area (Å²) >= 11 is 5.82. The fourth-order valence-corrected chi connectivity index (χ4v) is 1.97. The van der Waals surface area contributed by atoms with Crippen LogP contribution in [0.1, 0.15) is 0 Å². The Bertz CT molecular complexity index is 796. The molecule has 0 amide bonds. The number of rotatable bonds is 2. The lowest BCUT2D eigenvalue weighted by Crippen LogP contribution is -1.91. The van der Waals surface area contributed by atoms with Gasteiger partial charge in [0.05, 0.1) is 5.02 Å². The number of hydrogen-bond acceptors (Lipinski definition) is 3. The van der Waals surface area contributed by atoms with Crippen molar-refractivity contribution in [1.29, 1.82) is 0 Å². The molecular formula is C14H6ClF3N2O. The predicted molar refractivity (Wildman–Crippen MR) is 70.1 cm³/mol. The van der Waals surface area contributed by atoms with E-state index in [0.717, 1.165) is 12.1 Å². The fraction of sp³-hybridized carbons (Fsp3) is 0. The average molecular weight is 311 g/mol. The van der Waals surface area contributed by atoms with Crippen LogP contribution >= 0.6 is 11.6 Å². The molecular weight excluding hydrogens is 305 g/mol. The van der Waals surface area contributed by atoms with Gasteiger partial charge in [0.25, 0.3) is 0 Å². The summed E-state index contributed by atoms with van der Waals surface area (Å²) < 4.78 is 44.3. The molecule has 7 heteroatoms. The molecule has 3 rings (SSSR count). The van der Waals surface area contributed by atoms with Crippen molar-refractivity contribution in [3.63, 3.8) is 0 Å². The second kappa shape index (κ2) is 5.21. The first-order valence-electron chi connectivity index (χ1n) is 5.77. The van der Waals surface area contributed by atoms with E-state index in [4.69, 9.17) is 16.1 Å². The van der Waals surface area contributed by atoms with E-state index in [1.54, 1.807) is 6.07 Å². The molecule has 0 fully saturated rings. The molecule has 106 valence electrons. The molecule has 1 aromatic carbocycles. The van der Waals surface area contributed by atoms with Gasteiger partial charge in [0.1, 0.15) is 5.69 Å². The van der Waals surface area contributed by atoms with Crippen molar-refractivity contribution in [3.05, 3.63) is 59.1 Å². The van der Waals surface area contributed by atoms with Gasteiger partial charge < -0.3 is 4.52 Å². The van der Waals surface area contributed by atoms with Gasteiger partial charge in [-0.05, 0) is 18.2 Å². The number of nitrogens with zero attached hydrogens (tertiary/aromatic N) is 2. The van der Waals surface area contributed by atoms with Crippen LogP contribution in [0.25, 0.3) is 22.6 Å². The molecule has 2 aromatic heterocycles. The number of halogens is 4. The van der Waals surface area contributed by atoms with Crippen molar-refractivity contribution in [2.75, 3.05) is 0 Å². The van der Waals surface area contributed by atoms with Crippen LogP contribution in [0.15, 0.2) is 41.2 Å². The topological polar surface area (TPSA) is 38.9 Å². The van der Waals surface area contributed by atoms with Crippen LogP contribution in [-0.2, 0) is 0 Å². The second-order valence-electron chi connectivity index (χ2n) is 4.22. The summed E-state index contributed by atoms with van der Waals surface area (Å²) in [6, 6.07) is 4.74. The minimum atomic E-state index is -1.53. The summed E-state index contributed by atoms with van der Waals surface area (Å²) in [4.78, 5) is 3.90. The predicted octanol–water partition coefficient (Wildman–Crippen LogP) is 4.47. The molecule has 0 atom stereocenters. The summed E-state index contributed by atoms with van der Waals surface area (Å²) in [7, 11) is 0. The van der Waals surface area contributed by atoms with Gasteiger partial charge in [0.2, 0.25) is 0 Å². The first-order valence-corrected chi connectivity index (χ1v) is 6.15. The highest BCUT2D eigenvalue weighted by molar-refractivity contribution is 6.30. The number of hydrogen-bond donors (Lipinski definition) is 0. The molecule has 3 aromatic rings. The lowest BCUT2D eigenvalue weighted by Gasteiger charge is -1.98. The van der Waals surface area contributed by atoms with Crippen molar-refractivity contribution in [2.45, 2.75) is 0 Å². The monoisotopic (exact) mass is 310 g/mol. The van der Waals surface area contributed by atoms with E-state index in [9.17, 15) is 13.2 Å². The Morgan fingerprint density at radius 3 is 2.29 bits per heavy atom. The lowest BCUT2D eigenvalue weighted by molar-refractivity contribution is 0.429. The Balaban J connectivity index is 2.02. The van der Waals surface area contributed by atoms with Crippen molar-refractivity contribution >= 4 is 11.6 Å². The summed E-state index contributed by atoms with van der Waals surface area (Å²) in [5.41, 5.74) is 1.02. The third kappa shape index (κ3) is 2.62. The van der Waals surface area contributed by atoms with E-state index in [-0.39, 0.29) is 11.3 Å². The van der Waals surface area contributed by atoms with Gasteiger partial charge in [-0.2, -0.15) is 0 Å². The van der Waals surface area contributed by atoms with E-state index in [0.29, 0.717) is 16.3 Å². The van der Waals surface area contributed by atoms with E-state index in [2.05, 4.69) is 10.1 Å². The highest BCUT2D eigenvalue weighted by Gasteiger charge is 2.15. The number of pyridine rings is 1. The molecule has 0 unspecified atom stereocenters. The highest BCUT2D eigenvalue weighted by atomic mass is 35.5. The molecule has 3 nitrogen and oxygen atoms in total. The maximum atomic E-state index is 13.2. The molecule has 0 spiro atoms. The minimum absolute atomic E-state index is 0.0418. The SMILES string of the molecule is Fc1cc(-c2cc(-c3cncc(Cl)c3)no2)cc(F)c1F. The van der Waals surface area contributed by atoms with Crippen LogP contribution in [0.2, 0.25) is 5.02 Å². The van der Waals surface area contributed by atoms with E-state index in [1.165, 1.54) is 18.5 Å². The summed E-state index contributed by atoms with van der Waals surface area (Å²) in [5, 5.41) is 4.19. The zero-order valence-electron chi connectivity index (χ0n) is 10.3. The van der Waals surface area contributed by atoms with Crippen molar-refractivity contribution in [3.8, 4) is 22.6 Å². The third-order valence-electron chi connectivity index (χ3n) is 2.78. The lowest BCUT2D eigenvalue weighted by atomic mass is 10.1. The number of aromatic nitrogens is 2. The molecule has 0 aliphatic rings. The maximum absolute atomic E-state index is 13.2. The van der Waals surface area contributed by atoms with Gasteiger partial charge in [-0.1, -0.05) is 16.8 Å². The molecule has 0 aliphatic carbocycles. The van der Waals surface area contributed by atoms with Crippen LogP contribution in [-0.4, -0.2) is 10.1 Å². The van der Waals surface area contributed by atoms with Crippen LogP contribution in [0.5, 0.6) is 0 Å². The van der Waals surface area contributed by atoms with Crippen molar-refractivity contribution in [2.24, 2.45) is 0 Å². The van der Waals surface area contributed by atoms with Crippen molar-refractivity contribution < 1.29 is 17.7 Å². The second-order valence-corrected chi connectivity index (χ2v) is 4.66.